The average molecular weight is 279 g/mol. The van der Waals surface area contributed by atoms with Gasteiger partial charge in [-0.2, -0.15) is 0 Å². The molecular weight excluding hydrogens is 262 g/mol. The van der Waals surface area contributed by atoms with E-state index in [4.69, 9.17) is 0 Å². The molecule has 0 aromatic carbocycles. The van der Waals surface area contributed by atoms with Crippen molar-refractivity contribution in [1.29, 1.82) is 0 Å². The molecule has 6 heteroatoms. The second-order valence-electron chi connectivity index (χ2n) is 5.10. The Labute approximate surface area is 116 Å². The molecule has 2 fully saturated rings. The Kier molecular flexibility index (Phi) is 3.28. The third-order valence-electron chi connectivity index (χ3n) is 3.70. The number of rotatable bonds is 3. The second kappa shape index (κ2) is 4.94. The Hall–Kier alpha value is -1.40. The molecule has 0 radical (unpaired) electrons. The van der Waals surface area contributed by atoms with E-state index in [-0.39, 0.29) is 17.9 Å². The number of hydrogen-bond donors (Lipinski definition) is 1. The van der Waals surface area contributed by atoms with Gasteiger partial charge in [-0.1, -0.05) is 0 Å². The maximum Gasteiger partial charge on any atom is 0.317 e. The number of ketones is 1. The molecule has 2 saturated heterocycles. The quantitative estimate of drug-likeness (QED) is 0.838. The smallest absolute Gasteiger partial charge is 0.317 e. The summed E-state index contributed by atoms with van der Waals surface area (Å²) in [6, 6.07) is 4.14. The zero-order valence-electron chi connectivity index (χ0n) is 10.9. The Balaban J connectivity index is 1.59. The van der Waals surface area contributed by atoms with Gasteiger partial charge >= 0.3 is 6.03 Å². The predicted molar refractivity (Wildman–Crippen MR) is 73.7 cm³/mol. The standard InChI is InChI=1S/C13H17N3O2S/c1-9-2-3-12(19-9)11(17)8-15-4-5-16-10(7-15)6-14-13(16)18/h2-3,10H,4-8H2,1H3,(H,14,18). The first-order chi connectivity index (χ1) is 9.13. The minimum Gasteiger partial charge on any atom is -0.336 e. The van der Waals surface area contributed by atoms with Crippen molar-refractivity contribution in [1.82, 2.24) is 15.1 Å². The highest BCUT2D eigenvalue weighted by atomic mass is 32.1. The van der Waals surface area contributed by atoms with E-state index in [2.05, 4.69) is 10.2 Å². The minimum atomic E-state index is 0.0323. The zero-order valence-corrected chi connectivity index (χ0v) is 11.7. The van der Waals surface area contributed by atoms with E-state index in [0.717, 1.165) is 18.0 Å². The van der Waals surface area contributed by atoms with E-state index in [9.17, 15) is 9.59 Å². The summed E-state index contributed by atoms with van der Waals surface area (Å²) in [4.78, 5) is 29.7. The summed E-state index contributed by atoms with van der Waals surface area (Å²) in [5, 5.41) is 2.85. The summed E-state index contributed by atoms with van der Waals surface area (Å²) in [7, 11) is 0. The monoisotopic (exact) mass is 279 g/mol. The summed E-state index contributed by atoms with van der Waals surface area (Å²) in [5.74, 6) is 0.184. The molecular formula is C13H17N3O2S. The molecule has 0 bridgehead atoms. The molecule has 102 valence electrons. The highest BCUT2D eigenvalue weighted by Gasteiger charge is 2.35. The molecule has 2 aliphatic heterocycles. The number of thiophene rings is 1. The number of nitrogens with one attached hydrogen (secondary N) is 1. The molecule has 0 aliphatic carbocycles. The van der Waals surface area contributed by atoms with Gasteiger partial charge in [0.15, 0.2) is 5.78 Å². The number of fused-ring (bicyclic) bond motifs is 1. The van der Waals surface area contributed by atoms with Crippen molar-refractivity contribution >= 4 is 23.2 Å². The fourth-order valence-corrected chi connectivity index (χ4v) is 3.47. The van der Waals surface area contributed by atoms with Gasteiger partial charge in [-0.15, -0.1) is 11.3 Å². The molecule has 1 aromatic rings. The van der Waals surface area contributed by atoms with Crippen LogP contribution < -0.4 is 5.32 Å². The molecule has 2 aliphatic rings. The maximum atomic E-state index is 12.2. The van der Waals surface area contributed by atoms with Gasteiger partial charge in [-0.3, -0.25) is 9.69 Å². The van der Waals surface area contributed by atoms with Crippen LogP contribution in [0.1, 0.15) is 14.5 Å². The highest BCUT2D eigenvalue weighted by molar-refractivity contribution is 7.14. The van der Waals surface area contributed by atoms with E-state index in [1.165, 1.54) is 4.88 Å². The van der Waals surface area contributed by atoms with Crippen LogP contribution in [0.5, 0.6) is 0 Å². The van der Waals surface area contributed by atoms with Crippen molar-refractivity contribution in [3.05, 3.63) is 21.9 Å². The lowest BCUT2D eigenvalue weighted by Gasteiger charge is -2.35. The van der Waals surface area contributed by atoms with Gasteiger partial charge in [0.2, 0.25) is 0 Å². The van der Waals surface area contributed by atoms with Crippen LogP contribution in [0.2, 0.25) is 0 Å². The first-order valence-electron chi connectivity index (χ1n) is 6.50. The molecule has 3 heterocycles. The largest absolute Gasteiger partial charge is 0.336 e. The van der Waals surface area contributed by atoms with Crippen LogP contribution >= 0.6 is 11.3 Å². The summed E-state index contributed by atoms with van der Waals surface area (Å²) in [6.45, 7) is 5.44. The number of Topliss-reactive ketones (excluding diaryl/α,β-unsaturated/α-hetero) is 1. The van der Waals surface area contributed by atoms with E-state index in [1.807, 2.05) is 24.0 Å². The topological polar surface area (TPSA) is 52.7 Å². The normalized spacial score (nSPS) is 23.3. The number of urea groups is 1. The SMILES string of the molecule is Cc1ccc(C(=O)CN2CCN3C(=O)NCC3C2)s1. The summed E-state index contributed by atoms with van der Waals surface area (Å²) < 4.78 is 0. The predicted octanol–water partition coefficient (Wildman–Crippen LogP) is 0.949. The van der Waals surface area contributed by atoms with Crippen LogP contribution in [0.4, 0.5) is 4.79 Å². The van der Waals surface area contributed by atoms with Gasteiger partial charge in [0.25, 0.3) is 0 Å². The number of piperazine rings is 1. The first kappa shape index (κ1) is 12.6. The van der Waals surface area contributed by atoms with Gasteiger partial charge in [-0.25, -0.2) is 4.79 Å². The first-order valence-corrected chi connectivity index (χ1v) is 7.31. The number of amides is 2. The van der Waals surface area contributed by atoms with Crippen molar-refractivity contribution in [3.8, 4) is 0 Å². The van der Waals surface area contributed by atoms with Crippen LogP contribution in [-0.4, -0.2) is 60.4 Å². The number of hydrogen-bond acceptors (Lipinski definition) is 4. The van der Waals surface area contributed by atoms with Gasteiger partial charge in [-0.05, 0) is 19.1 Å². The summed E-state index contributed by atoms with van der Waals surface area (Å²) >= 11 is 1.55. The molecule has 3 rings (SSSR count). The van der Waals surface area contributed by atoms with Crippen molar-refractivity contribution in [2.75, 3.05) is 32.7 Å². The molecule has 5 nitrogen and oxygen atoms in total. The lowest BCUT2D eigenvalue weighted by atomic mass is 10.2. The zero-order chi connectivity index (χ0) is 13.4. The lowest BCUT2D eigenvalue weighted by Crippen LogP contribution is -2.53. The third-order valence-corrected chi connectivity index (χ3v) is 4.74. The van der Waals surface area contributed by atoms with Gasteiger partial charge in [0, 0.05) is 31.1 Å². The number of aryl methyl sites for hydroxylation is 1. The summed E-state index contributed by atoms with van der Waals surface area (Å²) in [5.41, 5.74) is 0. The van der Waals surface area contributed by atoms with Gasteiger partial charge in [0.1, 0.15) is 0 Å². The second-order valence-corrected chi connectivity index (χ2v) is 6.39. The van der Waals surface area contributed by atoms with Crippen molar-refractivity contribution < 1.29 is 9.59 Å². The Morgan fingerprint density at radius 2 is 2.32 bits per heavy atom. The molecule has 1 atom stereocenters. The van der Waals surface area contributed by atoms with Crippen LogP contribution in [0, 0.1) is 6.92 Å². The fraction of sp³-hybridized carbons (Fsp3) is 0.538. The van der Waals surface area contributed by atoms with Crippen LogP contribution in [0.25, 0.3) is 0 Å². The Morgan fingerprint density at radius 1 is 1.47 bits per heavy atom. The highest BCUT2D eigenvalue weighted by Crippen LogP contribution is 2.18. The summed E-state index contributed by atoms with van der Waals surface area (Å²) in [6.07, 6.45) is 0. The van der Waals surface area contributed by atoms with Crippen LogP contribution in [0.3, 0.4) is 0 Å². The van der Waals surface area contributed by atoms with E-state index in [1.54, 1.807) is 11.3 Å². The Bertz CT molecular complexity index is 514. The fourth-order valence-electron chi connectivity index (χ4n) is 2.68. The van der Waals surface area contributed by atoms with Crippen LogP contribution in [-0.2, 0) is 0 Å². The van der Waals surface area contributed by atoms with E-state index in [0.29, 0.717) is 19.6 Å². The molecule has 19 heavy (non-hydrogen) atoms. The van der Waals surface area contributed by atoms with Gasteiger partial charge in [0.05, 0.1) is 17.5 Å². The molecule has 1 aromatic heterocycles. The van der Waals surface area contributed by atoms with E-state index >= 15 is 0 Å². The third kappa shape index (κ3) is 2.50. The van der Waals surface area contributed by atoms with E-state index < -0.39 is 0 Å². The lowest BCUT2D eigenvalue weighted by molar-refractivity contribution is 0.0842. The van der Waals surface area contributed by atoms with Crippen molar-refractivity contribution in [3.63, 3.8) is 0 Å². The number of carbonyl (C=O) groups is 2. The van der Waals surface area contributed by atoms with Gasteiger partial charge < -0.3 is 10.2 Å². The average Bonchev–Trinajstić information content (AvgIpc) is 2.97. The number of nitrogens with zero attached hydrogens (tertiary/aromatic N) is 2. The molecule has 1 N–H and O–H groups in total. The molecule has 0 spiro atoms. The maximum absolute atomic E-state index is 12.2. The Morgan fingerprint density at radius 3 is 3.05 bits per heavy atom. The molecule has 0 saturated carbocycles. The molecule has 2 amide bonds. The molecule has 1 unspecified atom stereocenters. The minimum absolute atomic E-state index is 0.0323. The van der Waals surface area contributed by atoms with Crippen molar-refractivity contribution in [2.24, 2.45) is 0 Å². The van der Waals surface area contributed by atoms with Crippen molar-refractivity contribution in [2.45, 2.75) is 13.0 Å². The van der Waals surface area contributed by atoms with Crippen LogP contribution in [0.15, 0.2) is 12.1 Å². The number of carbonyl (C=O) groups excluding carboxylic acids is 2.